The van der Waals surface area contributed by atoms with Crippen molar-refractivity contribution in [2.75, 3.05) is 13.1 Å². The van der Waals surface area contributed by atoms with Crippen molar-refractivity contribution in [2.45, 2.75) is 69.9 Å². The summed E-state index contributed by atoms with van der Waals surface area (Å²) in [5.74, 6) is 0.324. The fraction of sp³-hybridized carbons (Fsp3) is 0.636. The zero-order valence-corrected chi connectivity index (χ0v) is 15.6. The van der Waals surface area contributed by atoms with E-state index in [1.54, 1.807) is 0 Å². The van der Waals surface area contributed by atoms with Crippen molar-refractivity contribution in [1.82, 2.24) is 9.80 Å². The van der Waals surface area contributed by atoms with E-state index in [2.05, 4.69) is 29.2 Å². The fourth-order valence-corrected chi connectivity index (χ4v) is 5.10. The molecule has 0 aromatic heterocycles. The van der Waals surface area contributed by atoms with Gasteiger partial charge in [-0.3, -0.25) is 9.59 Å². The third kappa shape index (κ3) is 3.65. The molecule has 2 heterocycles. The summed E-state index contributed by atoms with van der Waals surface area (Å²) in [4.78, 5) is 29.7. The maximum Gasteiger partial charge on any atom is 0.228 e. The highest BCUT2D eigenvalue weighted by Crippen LogP contribution is 2.32. The molecule has 0 radical (unpaired) electrons. The molecule has 2 amide bonds. The van der Waals surface area contributed by atoms with Crippen molar-refractivity contribution in [1.29, 1.82) is 0 Å². The van der Waals surface area contributed by atoms with Gasteiger partial charge in [0.2, 0.25) is 11.8 Å². The number of rotatable bonds is 5. The van der Waals surface area contributed by atoms with Crippen LogP contribution < -0.4 is 0 Å². The molecule has 0 N–H and O–H groups in total. The molecule has 26 heavy (non-hydrogen) atoms. The van der Waals surface area contributed by atoms with Gasteiger partial charge in [0.25, 0.3) is 0 Å². The average Bonchev–Trinajstić information content (AvgIpc) is 3.40. The van der Waals surface area contributed by atoms with Crippen molar-refractivity contribution < 1.29 is 9.59 Å². The number of carbonyl (C=O) groups excluding carboxylic acids is 2. The van der Waals surface area contributed by atoms with Crippen LogP contribution in [0.4, 0.5) is 0 Å². The van der Waals surface area contributed by atoms with Gasteiger partial charge >= 0.3 is 0 Å². The Hall–Kier alpha value is -1.84. The molecule has 1 aromatic carbocycles. The second-order valence-electron chi connectivity index (χ2n) is 8.24. The summed E-state index contributed by atoms with van der Waals surface area (Å²) >= 11 is 0. The number of amides is 2. The molecule has 4 heteroatoms. The van der Waals surface area contributed by atoms with Crippen LogP contribution in [-0.2, 0) is 16.0 Å². The lowest BCUT2D eigenvalue weighted by atomic mass is 10.0. The topological polar surface area (TPSA) is 40.6 Å². The van der Waals surface area contributed by atoms with E-state index >= 15 is 0 Å². The lowest BCUT2D eigenvalue weighted by Gasteiger charge is -2.28. The van der Waals surface area contributed by atoms with Crippen molar-refractivity contribution in [3.8, 4) is 0 Å². The summed E-state index contributed by atoms with van der Waals surface area (Å²) in [7, 11) is 0. The van der Waals surface area contributed by atoms with E-state index in [0.717, 1.165) is 45.1 Å². The lowest BCUT2D eigenvalue weighted by molar-refractivity contribution is -0.136. The average molecular weight is 354 g/mol. The van der Waals surface area contributed by atoms with Gasteiger partial charge in [-0.05, 0) is 44.1 Å². The maximum atomic E-state index is 13.1. The summed E-state index contributed by atoms with van der Waals surface area (Å²) in [6.45, 7) is 1.52. The molecule has 2 aliphatic heterocycles. The first-order valence-corrected chi connectivity index (χ1v) is 10.4. The Morgan fingerprint density at radius 2 is 1.81 bits per heavy atom. The van der Waals surface area contributed by atoms with Crippen molar-refractivity contribution in [3.63, 3.8) is 0 Å². The minimum Gasteiger partial charge on any atom is -0.339 e. The number of carbonyl (C=O) groups is 2. The summed E-state index contributed by atoms with van der Waals surface area (Å²) in [5.41, 5.74) is 1.34. The van der Waals surface area contributed by atoms with Gasteiger partial charge in [-0.1, -0.05) is 43.2 Å². The van der Waals surface area contributed by atoms with Gasteiger partial charge in [-0.15, -0.1) is 0 Å². The monoisotopic (exact) mass is 354 g/mol. The number of nitrogens with zero attached hydrogens (tertiary/aromatic N) is 2. The van der Waals surface area contributed by atoms with Crippen molar-refractivity contribution in [3.05, 3.63) is 35.9 Å². The van der Waals surface area contributed by atoms with Gasteiger partial charge < -0.3 is 9.80 Å². The van der Waals surface area contributed by atoms with Crippen LogP contribution in [0.1, 0.15) is 56.9 Å². The first-order chi connectivity index (χ1) is 12.7. The predicted octanol–water partition coefficient (Wildman–Crippen LogP) is 3.40. The molecule has 3 fully saturated rings. The van der Waals surface area contributed by atoms with E-state index in [0.29, 0.717) is 25.0 Å². The highest BCUT2D eigenvalue weighted by molar-refractivity contribution is 5.89. The molecule has 2 atom stereocenters. The molecule has 4 nitrogen and oxygen atoms in total. The Bertz CT molecular complexity index is 639. The normalized spacial score (nSPS) is 26.8. The Balaban J connectivity index is 1.35. The molecule has 3 aliphatic rings. The highest BCUT2D eigenvalue weighted by atomic mass is 16.2. The predicted molar refractivity (Wildman–Crippen MR) is 102 cm³/mol. The van der Waals surface area contributed by atoms with E-state index in [-0.39, 0.29) is 17.7 Å². The SMILES string of the molecule is O=C1CC(C(=O)N2CCCC2CCc2ccccc2)CN1C1CCCC1. The summed E-state index contributed by atoms with van der Waals surface area (Å²) in [6, 6.07) is 11.3. The molecule has 1 aliphatic carbocycles. The Kier molecular flexibility index (Phi) is 5.28. The molecule has 0 bridgehead atoms. The molecule has 4 rings (SSSR count). The Morgan fingerprint density at radius 1 is 1.04 bits per heavy atom. The van der Waals surface area contributed by atoms with Crippen molar-refractivity contribution >= 4 is 11.8 Å². The number of aryl methyl sites for hydroxylation is 1. The van der Waals surface area contributed by atoms with Crippen LogP contribution in [0.5, 0.6) is 0 Å². The van der Waals surface area contributed by atoms with Crippen molar-refractivity contribution in [2.24, 2.45) is 5.92 Å². The van der Waals surface area contributed by atoms with Gasteiger partial charge in [0, 0.05) is 31.6 Å². The zero-order chi connectivity index (χ0) is 17.9. The number of hydrogen-bond acceptors (Lipinski definition) is 2. The van der Waals surface area contributed by atoms with Crippen LogP contribution in [0, 0.1) is 5.92 Å². The first kappa shape index (κ1) is 17.6. The number of likely N-dealkylation sites (tertiary alicyclic amines) is 2. The number of hydrogen-bond donors (Lipinski definition) is 0. The van der Waals surface area contributed by atoms with Gasteiger partial charge in [-0.2, -0.15) is 0 Å². The molecule has 2 saturated heterocycles. The number of benzene rings is 1. The van der Waals surface area contributed by atoms with Gasteiger partial charge in [0.05, 0.1) is 5.92 Å². The van der Waals surface area contributed by atoms with E-state index in [1.807, 2.05) is 11.0 Å². The van der Waals surface area contributed by atoms with E-state index < -0.39 is 0 Å². The zero-order valence-electron chi connectivity index (χ0n) is 15.6. The largest absolute Gasteiger partial charge is 0.339 e. The molecule has 1 saturated carbocycles. The third-order valence-corrected chi connectivity index (χ3v) is 6.54. The van der Waals surface area contributed by atoms with E-state index in [9.17, 15) is 9.59 Å². The second kappa shape index (κ2) is 7.81. The summed E-state index contributed by atoms with van der Waals surface area (Å²) in [5, 5.41) is 0. The van der Waals surface area contributed by atoms with Gasteiger partial charge in [0.15, 0.2) is 0 Å². The lowest BCUT2D eigenvalue weighted by Crippen LogP contribution is -2.41. The molecular formula is C22H30N2O2. The van der Waals surface area contributed by atoms with Crippen LogP contribution >= 0.6 is 0 Å². The minimum absolute atomic E-state index is 0.111. The van der Waals surface area contributed by atoms with Gasteiger partial charge in [-0.25, -0.2) is 0 Å². The molecule has 0 spiro atoms. The first-order valence-electron chi connectivity index (χ1n) is 10.4. The van der Waals surface area contributed by atoms with E-state index in [1.165, 1.54) is 18.4 Å². The summed E-state index contributed by atoms with van der Waals surface area (Å²) < 4.78 is 0. The molecule has 140 valence electrons. The van der Waals surface area contributed by atoms with Crippen LogP contribution in [0.2, 0.25) is 0 Å². The smallest absolute Gasteiger partial charge is 0.228 e. The Labute approximate surface area is 156 Å². The maximum absolute atomic E-state index is 13.1. The third-order valence-electron chi connectivity index (χ3n) is 6.54. The Morgan fingerprint density at radius 3 is 2.58 bits per heavy atom. The van der Waals surface area contributed by atoms with Crippen LogP contribution in [0.3, 0.4) is 0 Å². The summed E-state index contributed by atoms with van der Waals surface area (Å²) in [6.07, 6.45) is 9.37. The molecule has 2 unspecified atom stereocenters. The standard InChI is InChI=1S/C22H30N2O2/c25-21-15-18(16-24(21)19-9-4-5-10-19)22(26)23-14-6-11-20(23)13-12-17-7-2-1-3-8-17/h1-3,7-8,18-20H,4-6,9-16H2. The van der Waals surface area contributed by atoms with Crippen LogP contribution in [-0.4, -0.2) is 46.8 Å². The minimum atomic E-state index is -0.111. The fourth-order valence-electron chi connectivity index (χ4n) is 5.10. The van der Waals surface area contributed by atoms with Crippen LogP contribution in [0.15, 0.2) is 30.3 Å². The van der Waals surface area contributed by atoms with E-state index in [4.69, 9.17) is 0 Å². The quantitative estimate of drug-likeness (QED) is 0.813. The second-order valence-corrected chi connectivity index (χ2v) is 8.24. The van der Waals surface area contributed by atoms with Crippen LogP contribution in [0.25, 0.3) is 0 Å². The molecule has 1 aromatic rings. The molecular weight excluding hydrogens is 324 g/mol. The highest BCUT2D eigenvalue weighted by Gasteiger charge is 2.42. The van der Waals surface area contributed by atoms with Gasteiger partial charge in [0.1, 0.15) is 0 Å².